The van der Waals surface area contributed by atoms with E-state index < -0.39 is 6.10 Å². The molecule has 1 fully saturated rings. The number of hydrogen-bond acceptors (Lipinski definition) is 5. The van der Waals surface area contributed by atoms with Crippen LogP contribution in [0.25, 0.3) is 0 Å². The van der Waals surface area contributed by atoms with Crippen LogP contribution in [0.3, 0.4) is 0 Å². The largest absolute Gasteiger partial charge is 0.493 e. The number of methoxy groups -OCH3 is 1. The van der Waals surface area contributed by atoms with Crippen LogP contribution in [0.2, 0.25) is 0 Å². The van der Waals surface area contributed by atoms with Crippen LogP contribution in [0.5, 0.6) is 5.75 Å². The predicted molar refractivity (Wildman–Crippen MR) is 82.3 cm³/mol. The van der Waals surface area contributed by atoms with Crippen LogP contribution in [0, 0.1) is 0 Å². The Morgan fingerprint density at radius 3 is 2.68 bits per heavy atom. The molecule has 0 amide bonds. The third-order valence-corrected chi connectivity index (χ3v) is 6.52. The average molecular weight is 302 g/mol. The number of nitrogens with zero attached hydrogens (tertiary/aromatic N) is 2. The second-order valence-corrected chi connectivity index (χ2v) is 7.76. The molecule has 1 aliphatic rings. The maximum atomic E-state index is 10.8. The van der Waals surface area contributed by atoms with Gasteiger partial charge in [0.25, 0.3) is 0 Å². The number of rotatable bonds is 4. The van der Waals surface area contributed by atoms with Gasteiger partial charge in [-0.05, 0) is 13.8 Å². The van der Waals surface area contributed by atoms with Crippen LogP contribution < -0.4 is 4.74 Å². The first-order chi connectivity index (χ1) is 9.06. The van der Waals surface area contributed by atoms with Crippen molar-refractivity contribution in [1.29, 1.82) is 0 Å². The molecule has 1 aromatic rings. The highest BCUT2D eigenvalue weighted by Crippen LogP contribution is 2.41. The molecule has 2 rings (SSSR count). The summed E-state index contributed by atoms with van der Waals surface area (Å²) < 4.78 is 7.24. The lowest BCUT2D eigenvalue weighted by molar-refractivity contribution is 0.156. The van der Waals surface area contributed by atoms with E-state index in [1.165, 1.54) is 0 Å². The summed E-state index contributed by atoms with van der Waals surface area (Å²) in [4.78, 5) is 0. The number of thioether (sulfide) groups is 2. The first kappa shape index (κ1) is 15.1. The quantitative estimate of drug-likeness (QED) is 0.926. The predicted octanol–water partition coefficient (Wildman–Crippen LogP) is 2.74. The molecule has 1 N–H and O–H groups in total. The van der Waals surface area contributed by atoms with E-state index in [0.717, 1.165) is 17.2 Å². The molecular formula is C13H22N2O2S2. The van der Waals surface area contributed by atoms with Crippen molar-refractivity contribution in [2.24, 2.45) is 0 Å². The summed E-state index contributed by atoms with van der Waals surface area (Å²) in [6, 6.07) is 0.213. The molecule has 108 valence electrons. The molecule has 0 saturated carbocycles. The zero-order valence-electron chi connectivity index (χ0n) is 11.9. The summed E-state index contributed by atoms with van der Waals surface area (Å²) in [5, 5.41) is 15.7. The molecule has 1 aliphatic heterocycles. The summed E-state index contributed by atoms with van der Waals surface area (Å²) in [5.74, 6) is 2.94. The van der Waals surface area contributed by atoms with Crippen LogP contribution in [-0.2, 0) is 0 Å². The van der Waals surface area contributed by atoms with Crippen molar-refractivity contribution >= 4 is 23.5 Å². The normalized spacial score (nSPS) is 25.6. The van der Waals surface area contributed by atoms with Crippen LogP contribution in [-0.4, -0.2) is 44.0 Å². The fourth-order valence-electron chi connectivity index (χ4n) is 2.36. The van der Waals surface area contributed by atoms with E-state index in [9.17, 15) is 5.11 Å². The van der Waals surface area contributed by atoms with Crippen molar-refractivity contribution in [1.82, 2.24) is 9.78 Å². The Morgan fingerprint density at radius 1 is 1.42 bits per heavy atom. The molecule has 0 aliphatic carbocycles. The second kappa shape index (κ2) is 6.41. The molecule has 4 nitrogen and oxygen atoms in total. The first-order valence-corrected chi connectivity index (χ1v) is 8.68. The lowest BCUT2D eigenvalue weighted by atomic mass is 10.1. The van der Waals surface area contributed by atoms with Gasteiger partial charge in [-0.2, -0.15) is 28.6 Å². The Kier molecular flexibility index (Phi) is 5.09. The fraction of sp³-hybridized carbons (Fsp3) is 0.769. The Morgan fingerprint density at radius 2 is 2.11 bits per heavy atom. The maximum absolute atomic E-state index is 10.8. The summed E-state index contributed by atoms with van der Waals surface area (Å²) in [7, 11) is 1.63. The van der Waals surface area contributed by atoms with Gasteiger partial charge in [-0.3, -0.25) is 4.68 Å². The summed E-state index contributed by atoms with van der Waals surface area (Å²) >= 11 is 3.78. The van der Waals surface area contributed by atoms with Crippen LogP contribution in [0.15, 0.2) is 6.20 Å². The minimum absolute atomic E-state index is 0.196. The summed E-state index contributed by atoms with van der Waals surface area (Å²) in [5.41, 5.74) is 0.810. The van der Waals surface area contributed by atoms with Crippen LogP contribution in [0.1, 0.15) is 38.6 Å². The molecule has 2 heterocycles. The number of aromatic nitrogens is 2. The minimum Gasteiger partial charge on any atom is -0.493 e. The van der Waals surface area contributed by atoms with Gasteiger partial charge in [-0.1, -0.05) is 6.92 Å². The van der Waals surface area contributed by atoms with Crippen molar-refractivity contribution in [2.45, 2.75) is 43.4 Å². The van der Waals surface area contributed by atoms with Gasteiger partial charge in [0, 0.05) is 28.0 Å². The number of aliphatic hydroxyl groups is 1. The van der Waals surface area contributed by atoms with Crippen LogP contribution in [0.4, 0.5) is 0 Å². The Balaban J connectivity index is 2.30. The van der Waals surface area contributed by atoms with Gasteiger partial charge in [0.05, 0.1) is 13.3 Å². The molecule has 3 atom stereocenters. The van der Waals surface area contributed by atoms with Crippen molar-refractivity contribution in [3.63, 3.8) is 0 Å². The van der Waals surface area contributed by atoms with Gasteiger partial charge >= 0.3 is 0 Å². The molecule has 0 radical (unpaired) electrons. The second-order valence-electron chi connectivity index (χ2n) is 4.99. The van der Waals surface area contributed by atoms with Gasteiger partial charge in [0.2, 0.25) is 0 Å². The Hall–Kier alpha value is -0.330. The van der Waals surface area contributed by atoms with E-state index in [0.29, 0.717) is 11.0 Å². The number of hydrogen-bond donors (Lipinski definition) is 1. The van der Waals surface area contributed by atoms with E-state index in [1.54, 1.807) is 13.3 Å². The maximum Gasteiger partial charge on any atom is 0.162 e. The SMILES string of the molecule is COc1cnn(C(C)C)c1C(O)C1SCCSC1C. The molecule has 3 unspecified atom stereocenters. The Labute approximate surface area is 123 Å². The van der Waals surface area contributed by atoms with E-state index in [2.05, 4.69) is 25.9 Å². The minimum atomic E-state index is -0.535. The molecule has 1 saturated heterocycles. The lowest BCUT2D eigenvalue weighted by Gasteiger charge is -2.32. The standard InChI is InChI=1S/C13H22N2O2S2/c1-8(2)15-11(10(17-4)7-14-15)12(16)13-9(3)18-5-6-19-13/h7-9,12-13,16H,5-6H2,1-4H3. The van der Waals surface area contributed by atoms with Crippen molar-refractivity contribution in [3.8, 4) is 5.75 Å². The summed E-state index contributed by atoms with van der Waals surface area (Å²) in [6.07, 6.45) is 1.16. The molecule has 0 spiro atoms. The highest BCUT2D eigenvalue weighted by molar-refractivity contribution is 8.07. The van der Waals surface area contributed by atoms with Gasteiger partial charge in [-0.25, -0.2) is 0 Å². The lowest BCUT2D eigenvalue weighted by Crippen LogP contribution is -2.31. The van der Waals surface area contributed by atoms with Gasteiger partial charge in [-0.15, -0.1) is 0 Å². The molecule has 0 bridgehead atoms. The highest BCUT2D eigenvalue weighted by atomic mass is 32.2. The van der Waals surface area contributed by atoms with E-state index in [-0.39, 0.29) is 11.3 Å². The fourth-order valence-corrected chi connectivity index (χ4v) is 5.16. The molecule has 19 heavy (non-hydrogen) atoms. The van der Waals surface area contributed by atoms with Crippen molar-refractivity contribution in [2.75, 3.05) is 18.6 Å². The van der Waals surface area contributed by atoms with E-state index in [4.69, 9.17) is 4.74 Å². The van der Waals surface area contributed by atoms with Crippen molar-refractivity contribution in [3.05, 3.63) is 11.9 Å². The topological polar surface area (TPSA) is 47.3 Å². The molecular weight excluding hydrogens is 280 g/mol. The molecule has 1 aromatic heterocycles. The molecule has 0 aromatic carbocycles. The van der Waals surface area contributed by atoms with Crippen LogP contribution >= 0.6 is 23.5 Å². The number of aliphatic hydroxyl groups excluding tert-OH is 1. The Bertz CT molecular complexity index is 423. The summed E-state index contributed by atoms with van der Waals surface area (Å²) in [6.45, 7) is 6.32. The average Bonchev–Trinajstić information content (AvgIpc) is 2.82. The van der Waals surface area contributed by atoms with Gasteiger partial charge < -0.3 is 9.84 Å². The van der Waals surface area contributed by atoms with E-state index >= 15 is 0 Å². The number of ether oxygens (including phenoxy) is 1. The zero-order chi connectivity index (χ0) is 14.0. The monoisotopic (exact) mass is 302 g/mol. The van der Waals surface area contributed by atoms with Gasteiger partial charge in [0.15, 0.2) is 5.75 Å². The first-order valence-electron chi connectivity index (χ1n) is 6.59. The van der Waals surface area contributed by atoms with E-state index in [1.807, 2.05) is 28.2 Å². The molecule has 6 heteroatoms. The van der Waals surface area contributed by atoms with Gasteiger partial charge in [0.1, 0.15) is 11.8 Å². The van der Waals surface area contributed by atoms with Crippen molar-refractivity contribution < 1.29 is 9.84 Å². The highest BCUT2D eigenvalue weighted by Gasteiger charge is 2.34. The third kappa shape index (κ3) is 3.06. The third-order valence-electron chi connectivity index (χ3n) is 3.34. The smallest absolute Gasteiger partial charge is 0.162 e. The zero-order valence-corrected chi connectivity index (χ0v) is 13.5.